The molecule has 0 aliphatic carbocycles. The molecule has 5 heteroatoms. The molecule has 1 amide bonds. The van der Waals surface area contributed by atoms with E-state index in [1.165, 1.54) is 25.7 Å². The second-order valence-corrected chi connectivity index (χ2v) is 7.20. The molecule has 1 atom stereocenters. The van der Waals surface area contributed by atoms with Crippen molar-refractivity contribution in [3.05, 3.63) is 29.8 Å². The number of anilines is 1. The highest BCUT2D eigenvalue weighted by molar-refractivity contribution is 7.80. The molecule has 138 valence electrons. The topological polar surface area (TPSA) is 44.4 Å². The first-order chi connectivity index (χ1) is 12.1. The van der Waals surface area contributed by atoms with Crippen molar-refractivity contribution in [2.45, 2.75) is 58.9 Å². The van der Waals surface area contributed by atoms with Crippen LogP contribution in [0.5, 0.6) is 0 Å². The fraction of sp³-hybridized carbons (Fsp3) is 0.600. The van der Waals surface area contributed by atoms with Crippen LogP contribution < -0.4 is 15.5 Å². The minimum absolute atomic E-state index is 0.227. The molecule has 1 aromatic rings. The lowest BCUT2D eigenvalue weighted by Crippen LogP contribution is -2.37. The Balaban J connectivity index is 1.73. The van der Waals surface area contributed by atoms with Gasteiger partial charge in [0.05, 0.1) is 0 Å². The molecule has 25 heavy (non-hydrogen) atoms. The van der Waals surface area contributed by atoms with E-state index in [0.29, 0.717) is 24.0 Å². The van der Waals surface area contributed by atoms with E-state index in [-0.39, 0.29) is 5.91 Å². The fourth-order valence-corrected chi connectivity index (χ4v) is 3.30. The molecule has 0 spiro atoms. The molecular formula is C20H31N3OS. The average molecular weight is 362 g/mol. The lowest BCUT2D eigenvalue weighted by molar-refractivity contribution is -0.117. The molecule has 1 aromatic carbocycles. The maximum absolute atomic E-state index is 11.8. The zero-order valence-corrected chi connectivity index (χ0v) is 16.3. The highest BCUT2D eigenvalue weighted by Gasteiger charge is 2.21. The third-order valence-electron chi connectivity index (χ3n) is 4.87. The van der Waals surface area contributed by atoms with Crippen LogP contribution in [0.25, 0.3) is 0 Å². The lowest BCUT2D eigenvalue weighted by Gasteiger charge is -2.18. The van der Waals surface area contributed by atoms with Crippen molar-refractivity contribution in [2.24, 2.45) is 5.92 Å². The van der Waals surface area contributed by atoms with Crippen LogP contribution in [0.2, 0.25) is 0 Å². The Labute approximate surface area is 157 Å². The molecule has 0 bridgehead atoms. The highest BCUT2D eigenvalue weighted by atomic mass is 32.1. The first kappa shape index (κ1) is 19.7. The van der Waals surface area contributed by atoms with E-state index >= 15 is 0 Å². The summed E-state index contributed by atoms with van der Waals surface area (Å²) in [6, 6.07) is 8.17. The molecule has 4 nitrogen and oxygen atoms in total. The number of benzene rings is 1. The minimum Gasteiger partial charge on any atom is -0.362 e. The average Bonchev–Trinajstić information content (AvgIpc) is 3.06. The number of nitrogens with zero attached hydrogens (tertiary/aromatic N) is 1. The summed E-state index contributed by atoms with van der Waals surface area (Å²) in [6.45, 7) is 6.95. The second-order valence-electron chi connectivity index (χ2n) is 6.80. The SMILES string of the molecule is CCCC[C@H](CC)CNC(=S)NCc1ccc(N2CCCC2=O)cc1. The summed E-state index contributed by atoms with van der Waals surface area (Å²) in [5, 5.41) is 7.33. The Morgan fingerprint density at radius 3 is 2.60 bits per heavy atom. The highest BCUT2D eigenvalue weighted by Crippen LogP contribution is 2.21. The normalized spacial score (nSPS) is 15.3. The number of thiocarbonyl (C=S) groups is 1. The van der Waals surface area contributed by atoms with E-state index < -0.39 is 0 Å². The molecule has 1 saturated heterocycles. The Morgan fingerprint density at radius 1 is 1.24 bits per heavy atom. The Kier molecular flexibility index (Phi) is 8.19. The predicted molar refractivity (Wildman–Crippen MR) is 109 cm³/mol. The van der Waals surface area contributed by atoms with Gasteiger partial charge in [0, 0.05) is 31.7 Å². The van der Waals surface area contributed by atoms with Gasteiger partial charge in [-0.05, 0) is 48.7 Å². The van der Waals surface area contributed by atoms with Crippen molar-refractivity contribution < 1.29 is 4.79 Å². The number of carbonyl (C=O) groups excluding carboxylic acids is 1. The molecule has 1 fully saturated rings. The molecule has 1 aliphatic rings. The van der Waals surface area contributed by atoms with Crippen LogP contribution in [-0.2, 0) is 11.3 Å². The number of hydrogen-bond donors (Lipinski definition) is 2. The smallest absolute Gasteiger partial charge is 0.227 e. The van der Waals surface area contributed by atoms with E-state index in [9.17, 15) is 4.79 Å². The summed E-state index contributed by atoms with van der Waals surface area (Å²) in [7, 11) is 0. The van der Waals surface area contributed by atoms with Gasteiger partial charge in [-0.15, -0.1) is 0 Å². The molecule has 2 rings (SSSR count). The molecule has 2 N–H and O–H groups in total. The van der Waals surface area contributed by atoms with Gasteiger partial charge in [-0.1, -0.05) is 45.2 Å². The Morgan fingerprint density at radius 2 is 2.00 bits per heavy atom. The maximum Gasteiger partial charge on any atom is 0.227 e. The van der Waals surface area contributed by atoms with E-state index in [1.807, 2.05) is 17.0 Å². The summed E-state index contributed by atoms with van der Waals surface area (Å²) < 4.78 is 0. The van der Waals surface area contributed by atoms with Gasteiger partial charge in [0.2, 0.25) is 5.91 Å². The Bertz CT molecular complexity index is 559. The molecule has 1 heterocycles. The van der Waals surface area contributed by atoms with Gasteiger partial charge < -0.3 is 15.5 Å². The summed E-state index contributed by atoms with van der Waals surface area (Å²) in [5.41, 5.74) is 2.16. The summed E-state index contributed by atoms with van der Waals surface area (Å²) >= 11 is 5.39. The van der Waals surface area contributed by atoms with Crippen molar-refractivity contribution in [3.8, 4) is 0 Å². The molecule has 0 saturated carbocycles. The second kappa shape index (κ2) is 10.4. The van der Waals surface area contributed by atoms with Crippen LogP contribution in [0.4, 0.5) is 5.69 Å². The minimum atomic E-state index is 0.227. The number of nitrogens with one attached hydrogen (secondary N) is 2. The third-order valence-corrected chi connectivity index (χ3v) is 5.16. The molecule has 0 aromatic heterocycles. The predicted octanol–water partition coefficient (Wildman–Crippen LogP) is 3.99. The van der Waals surface area contributed by atoms with Crippen molar-refractivity contribution >= 4 is 28.9 Å². The standard InChI is InChI=1S/C20H31N3OS/c1-3-5-7-16(4-2)14-21-20(25)22-15-17-9-11-18(12-10-17)23-13-6-8-19(23)24/h9-12,16H,3-8,13-15H2,1-2H3,(H2,21,22,25)/t16-/m0/s1. The summed E-state index contributed by atoms with van der Waals surface area (Å²) in [4.78, 5) is 13.6. The maximum atomic E-state index is 11.8. The van der Waals surface area contributed by atoms with Crippen molar-refractivity contribution in [3.63, 3.8) is 0 Å². The molecule has 0 radical (unpaired) electrons. The van der Waals surface area contributed by atoms with Gasteiger partial charge in [0.15, 0.2) is 5.11 Å². The van der Waals surface area contributed by atoms with Crippen LogP contribution in [-0.4, -0.2) is 24.1 Å². The Hall–Kier alpha value is -1.62. The molecule has 0 unspecified atom stereocenters. The quantitative estimate of drug-likeness (QED) is 0.653. The first-order valence-electron chi connectivity index (χ1n) is 9.55. The van der Waals surface area contributed by atoms with Crippen LogP contribution >= 0.6 is 12.2 Å². The van der Waals surface area contributed by atoms with Crippen LogP contribution in [0.3, 0.4) is 0 Å². The third kappa shape index (κ3) is 6.31. The number of hydrogen-bond acceptors (Lipinski definition) is 2. The monoisotopic (exact) mass is 361 g/mol. The van der Waals surface area contributed by atoms with Gasteiger partial charge in [-0.2, -0.15) is 0 Å². The van der Waals surface area contributed by atoms with Gasteiger partial charge in [0.25, 0.3) is 0 Å². The zero-order valence-electron chi connectivity index (χ0n) is 15.5. The van der Waals surface area contributed by atoms with E-state index in [0.717, 1.165) is 30.8 Å². The van der Waals surface area contributed by atoms with Crippen molar-refractivity contribution in [2.75, 3.05) is 18.0 Å². The van der Waals surface area contributed by atoms with Crippen molar-refractivity contribution in [1.82, 2.24) is 10.6 Å². The van der Waals surface area contributed by atoms with Gasteiger partial charge in [-0.3, -0.25) is 4.79 Å². The number of amides is 1. The van der Waals surface area contributed by atoms with Gasteiger partial charge in [-0.25, -0.2) is 0 Å². The van der Waals surface area contributed by atoms with Crippen LogP contribution in [0.1, 0.15) is 57.9 Å². The van der Waals surface area contributed by atoms with E-state index in [2.05, 4.69) is 36.6 Å². The summed E-state index contributed by atoms with van der Waals surface area (Å²) in [6.07, 6.45) is 6.61. The first-order valence-corrected chi connectivity index (χ1v) is 9.95. The van der Waals surface area contributed by atoms with Crippen molar-refractivity contribution in [1.29, 1.82) is 0 Å². The zero-order chi connectivity index (χ0) is 18.1. The van der Waals surface area contributed by atoms with Gasteiger partial charge in [0.1, 0.15) is 0 Å². The fourth-order valence-electron chi connectivity index (χ4n) is 3.14. The number of rotatable bonds is 9. The number of unbranched alkanes of at least 4 members (excludes halogenated alkanes) is 1. The molecule has 1 aliphatic heterocycles. The number of carbonyl (C=O) groups is 1. The largest absolute Gasteiger partial charge is 0.362 e. The lowest BCUT2D eigenvalue weighted by atomic mass is 9.99. The van der Waals surface area contributed by atoms with Gasteiger partial charge >= 0.3 is 0 Å². The van der Waals surface area contributed by atoms with Crippen LogP contribution in [0, 0.1) is 5.92 Å². The summed E-state index contributed by atoms with van der Waals surface area (Å²) in [5.74, 6) is 0.918. The van der Waals surface area contributed by atoms with E-state index in [4.69, 9.17) is 12.2 Å². The van der Waals surface area contributed by atoms with E-state index in [1.54, 1.807) is 0 Å². The van der Waals surface area contributed by atoms with Crippen LogP contribution in [0.15, 0.2) is 24.3 Å². The molecular weight excluding hydrogens is 330 g/mol.